The molecule has 136 valence electrons. The molecule has 1 atom stereocenters. The number of anilines is 1. The number of carbonyl (C=O) groups excluding carboxylic acids is 2. The van der Waals surface area contributed by atoms with E-state index in [4.69, 9.17) is 4.74 Å². The zero-order valence-electron chi connectivity index (χ0n) is 14.2. The molecule has 2 aromatic rings. The van der Waals surface area contributed by atoms with E-state index in [9.17, 15) is 19.7 Å². The Kier molecular flexibility index (Phi) is 6.67. The number of non-ortho nitro benzene ring substituents is 1. The van der Waals surface area contributed by atoms with E-state index in [0.717, 1.165) is 5.56 Å². The molecular weight excluding hydrogens is 338 g/mol. The molecule has 2 N–H and O–H groups in total. The lowest BCUT2D eigenvalue weighted by molar-refractivity contribution is -0.384. The van der Waals surface area contributed by atoms with Gasteiger partial charge in [0.25, 0.3) is 5.69 Å². The molecule has 8 nitrogen and oxygen atoms in total. The molecule has 0 saturated carbocycles. The Morgan fingerprint density at radius 3 is 2.35 bits per heavy atom. The van der Waals surface area contributed by atoms with Crippen molar-refractivity contribution in [2.75, 3.05) is 11.9 Å². The Balaban J connectivity index is 2.05. The maximum absolute atomic E-state index is 12.2. The predicted molar refractivity (Wildman–Crippen MR) is 95.7 cm³/mol. The van der Waals surface area contributed by atoms with Crippen LogP contribution in [0.25, 0.3) is 0 Å². The quantitative estimate of drug-likeness (QED) is 0.448. The van der Waals surface area contributed by atoms with Gasteiger partial charge in [0.1, 0.15) is 0 Å². The van der Waals surface area contributed by atoms with Crippen molar-refractivity contribution in [1.29, 1.82) is 0 Å². The zero-order valence-corrected chi connectivity index (χ0v) is 14.2. The first kappa shape index (κ1) is 18.9. The van der Waals surface area contributed by atoms with E-state index in [0.29, 0.717) is 5.69 Å². The van der Waals surface area contributed by atoms with E-state index in [1.54, 1.807) is 19.1 Å². The van der Waals surface area contributed by atoms with E-state index in [-0.39, 0.29) is 18.7 Å². The fourth-order valence-corrected chi connectivity index (χ4v) is 2.32. The molecule has 26 heavy (non-hydrogen) atoms. The number of urea groups is 1. The Bertz CT molecular complexity index is 762. The van der Waals surface area contributed by atoms with Crippen molar-refractivity contribution in [2.24, 2.45) is 0 Å². The lowest BCUT2D eigenvalue weighted by Gasteiger charge is -2.19. The fraction of sp³-hybridized carbons (Fsp3) is 0.222. The number of nitrogens with one attached hydrogen (secondary N) is 2. The molecule has 0 fully saturated rings. The van der Waals surface area contributed by atoms with Crippen LogP contribution in [0, 0.1) is 10.1 Å². The normalized spacial score (nSPS) is 11.3. The molecule has 0 spiro atoms. The minimum atomic E-state index is -0.562. The van der Waals surface area contributed by atoms with Gasteiger partial charge in [-0.2, -0.15) is 0 Å². The molecule has 0 aliphatic carbocycles. The number of ether oxygens (including phenoxy) is 1. The second-order valence-corrected chi connectivity index (χ2v) is 5.37. The topological polar surface area (TPSA) is 111 Å². The molecule has 1 unspecified atom stereocenters. The van der Waals surface area contributed by atoms with Gasteiger partial charge in [-0.15, -0.1) is 0 Å². The molecule has 0 radical (unpaired) electrons. The van der Waals surface area contributed by atoms with Gasteiger partial charge in [0.2, 0.25) is 0 Å². The first-order chi connectivity index (χ1) is 12.5. The molecule has 0 heterocycles. The summed E-state index contributed by atoms with van der Waals surface area (Å²) in [5, 5.41) is 16.0. The average molecular weight is 357 g/mol. The lowest BCUT2D eigenvalue weighted by atomic mass is 10.0. The summed E-state index contributed by atoms with van der Waals surface area (Å²) in [6.45, 7) is 1.97. The van der Waals surface area contributed by atoms with Gasteiger partial charge in [0.15, 0.2) is 0 Å². The van der Waals surface area contributed by atoms with Crippen molar-refractivity contribution in [3.63, 3.8) is 0 Å². The first-order valence-corrected chi connectivity index (χ1v) is 8.02. The molecule has 2 rings (SSSR count). The summed E-state index contributed by atoms with van der Waals surface area (Å²) in [6.07, 6.45) is -0.00840. The van der Waals surface area contributed by atoms with Crippen LogP contribution in [0.15, 0.2) is 54.6 Å². The molecule has 0 bridgehead atoms. The number of nitro benzene ring substituents is 1. The second-order valence-electron chi connectivity index (χ2n) is 5.37. The average Bonchev–Trinajstić information content (AvgIpc) is 2.62. The predicted octanol–water partition coefficient (Wildman–Crippen LogP) is 3.41. The van der Waals surface area contributed by atoms with Gasteiger partial charge in [-0.1, -0.05) is 30.3 Å². The lowest BCUT2D eigenvalue weighted by Crippen LogP contribution is -2.34. The first-order valence-electron chi connectivity index (χ1n) is 8.02. The number of benzene rings is 2. The number of hydrogen-bond donors (Lipinski definition) is 2. The number of nitro groups is 1. The monoisotopic (exact) mass is 357 g/mol. The third kappa shape index (κ3) is 5.59. The molecule has 0 saturated heterocycles. The van der Waals surface area contributed by atoms with E-state index >= 15 is 0 Å². The van der Waals surface area contributed by atoms with Crippen LogP contribution in [-0.2, 0) is 9.53 Å². The van der Waals surface area contributed by atoms with Gasteiger partial charge >= 0.3 is 12.0 Å². The van der Waals surface area contributed by atoms with Gasteiger partial charge in [-0.25, -0.2) is 4.79 Å². The summed E-state index contributed by atoms with van der Waals surface area (Å²) in [6, 6.07) is 13.4. The van der Waals surface area contributed by atoms with Gasteiger partial charge in [0, 0.05) is 17.8 Å². The number of nitrogens with zero attached hydrogens (tertiary/aromatic N) is 1. The Morgan fingerprint density at radius 1 is 1.12 bits per heavy atom. The molecule has 0 aliphatic rings. The summed E-state index contributed by atoms with van der Waals surface area (Å²) < 4.78 is 4.95. The van der Waals surface area contributed by atoms with Crippen LogP contribution in [0.4, 0.5) is 16.2 Å². The highest BCUT2D eigenvalue weighted by atomic mass is 16.6. The summed E-state index contributed by atoms with van der Waals surface area (Å²) >= 11 is 0. The van der Waals surface area contributed by atoms with Crippen molar-refractivity contribution in [2.45, 2.75) is 19.4 Å². The van der Waals surface area contributed by atoms with Crippen molar-refractivity contribution in [1.82, 2.24) is 5.32 Å². The minimum Gasteiger partial charge on any atom is -0.466 e. The summed E-state index contributed by atoms with van der Waals surface area (Å²) in [7, 11) is 0. The number of rotatable bonds is 7. The highest BCUT2D eigenvalue weighted by molar-refractivity contribution is 5.90. The third-order valence-corrected chi connectivity index (χ3v) is 3.52. The largest absolute Gasteiger partial charge is 0.466 e. The summed E-state index contributed by atoms with van der Waals surface area (Å²) in [5.74, 6) is -0.419. The number of carbonyl (C=O) groups is 2. The van der Waals surface area contributed by atoms with Crippen LogP contribution >= 0.6 is 0 Å². The molecule has 8 heteroatoms. The van der Waals surface area contributed by atoms with Gasteiger partial charge in [-0.05, 0) is 24.6 Å². The van der Waals surface area contributed by atoms with Crippen LogP contribution in [0.1, 0.15) is 24.9 Å². The number of esters is 1. The zero-order chi connectivity index (χ0) is 18.9. The van der Waals surface area contributed by atoms with Crippen molar-refractivity contribution in [3.8, 4) is 0 Å². The van der Waals surface area contributed by atoms with Gasteiger partial charge in [-0.3, -0.25) is 14.9 Å². The summed E-state index contributed by atoms with van der Waals surface area (Å²) in [4.78, 5) is 34.2. The van der Waals surface area contributed by atoms with Crippen LogP contribution in [0.5, 0.6) is 0 Å². The minimum absolute atomic E-state index is 0.00840. The SMILES string of the molecule is CCOC(=O)CC(NC(=O)Nc1ccc([N+](=O)[O-])cc1)c1ccccc1. The van der Waals surface area contributed by atoms with Crippen molar-refractivity contribution < 1.29 is 19.2 Å². The number of amides is 2. The second kappa shape index (κ2) is 9.16. The van der Waals surface area contributed by atoms with Gasteiger partial charge in [0.05, 0.1) is 24.0 Å². The molecule has 0 aliphatic heterocycles. The van der Waals surface area contributed by atoms with E-state index in [1.165, 1.54) is 24.3 Å². The molecule has 0 aromatic heterocycles. The van der Waals surface area contributed by atoms with E-state index < -0.39 is 23.0 Å². The van der Waals surface area contributed by atoms with Crippen molar-refractivity contribution in [3.05, 3.63) is 70.3 Å². The van der Waals surface area contributed by atoms with Crippen LogP contribution in [0.2, 0.25) is 0 Å². The van der Waals surface area contributed by atoms with Crippen LogP contribution in [-0.4, -0.2) is 23.5 Å². The highest BCUT2D eigenvalue weighted by Gasteiger charge is 2.19. The fourth-order valence-electron chi connectivity index (χ4n) is 2.32. The van der Waals surface area contributed by atoms with E-state index in [2.05, 4.69) is 10.6 Å². The Morgan fingerprint density at radius 2 is 1.77 bits per heavy atom. The van der Waals surface area contributed by atoms with Crippen molar-refractivity contribution >= 4 is 23.4 Å². The van der Waals surface area contributed by atoms with Crippen LogP contribution in [0.3, 0.4) is 0 Å². The van der Waals surface area contributed by atoms with E-state index in [1.807, 2.05) is 18.2 Å². The maximum atomic E-state index is 12.2. The molecule has 2 amide bonds. The van der Waals surface area contributed by atoms with Crippen LogP contribution < -0.4 is 10.6 Å². The summed E-state index contributed by atoms with van der Waals surface area (Å²) in [5.41, 5.74) is 1.09. The van der Waals surface area contributed by atoms with Gasteiger partial charge < -0.3 is 15.4 Å². The highest BCUT2D eigenvalue weighted by Crippen LogP contribution is 2.19. The maximum Gasteiger partial charge on any atom is 0.319 e. The Labute approximate surface area is 150 Å². The smallest absolute Gasteiger partial charge is 0.319 e. The third-order valence-electron chi connectivity index (χ3n) is 3.52. The molecule has 2 aromatic carbocycles. The standard InChI is InChI=1S/C18H19N3O5/c1-2-26-17(22)12-16(13-6-4-3-5-7-13)20-18(23)19-14-8-10-15(11-9-14)21(24)25/h3-11,16H,2,12H2,1H3,(H2,19,20,23). The Hall–Kier alpha value is -3.42. The number of hydrogen-bond acceptors (Lipinski definition) is 5. The molecular formula is C18H19N3O5.